The van der Waals surface area contributed by atoms with Crippen LogP contribution in [0.5, 0.6) is 11.5 Å². The fourth-order valence-electron chi connectivity index (χ4n) is 2.54. The van der Waals surface area contributed by atoms with Gasteiger partial charge in [0.2, 0.25) is 0 Å². The smallest absolute Gasteiger partial charge is 0.309 e. The van der Waals surface area contributed by atoms with Gasteiger partial charge in [-0.1, -0.05) is 11.2 Å². The predicted octanol–water partition coefficient (Wildman–Crippen LogP) is 3.47. The number of aryl methyl sites for hydroxylation is 2. The molecule has 1 aromatic heterocycles. The number of aromatic nitrogens is 1. The van der Waals surface area contributed by atoms with Gasteiger partial charge < -0.3 is 24.4 Å². The summed E-state index contributed by atoms with van der Waals surface area (Å²) in [5.74, 6) is 1.25. The Balaban J connectivity index is 1.92. The van der Waals surface area contributed by atoms with Crippen LogP contribution in [-0.4, -0.2) is 29.9 Å². The topological polar surface area (TPSA) is 93.8 Å². The zero-order valence-electron chi connectivity index (χ0n) is 16.6. The van der Waals surface area contributed by atoms with E-state index in [-0.39, 0.29) is 0 Å². The zero-order chi connectivity index (χ0) is 20.0. The Hall–Kier alpha value is -2.54. The van der Waals surface area contributed by atoms with Crippen LogP contribution in [0.25, 0.3) is 0 Å². The van der Waals surface area contributed by atoms with E-state index in [0.717, 1.165) is 22.6 Å². The summed E-state index contributed by atoms with van der Waals surface area (Å²) >= 11 is 0. The number of methoxy groups -OCH3 is 1. The Morgan fingerprint density at radius 2 is 2.04 bits per heavy atom. The Bertz CT molecular complexity index is 763. The van der Waals surface area contributed by atoms with Crippen LogP contribution < -0.4 is 14.8 Å². The van der Waals surface area contributed by atoms with Gasteiger partial charge in [0.1, 0.15) is 12.4 Å². The molecule has 0 unspecified atom stereocenters. The highest BCUT2D eigenvalue weighted by molar-refractivity contribution is 5.73. The number of hydrogen-bond donors (Lipinski definition) is 2. The molecule has 2 aromatic rings. The maximum absolute atomic E-state index is 11.1. The standard InChI is InChI=1S/C20H28N2O5/c1-13-16(14(2)27-22-13)12-26-17-7-6-15(10-18(17)25-5)11-21-9-8-20(3,4)19(23)24/h6-7,10,21H,8-9,11-12H2,1-5H3,(H,23,24). The number of aliphatic carboxylic acids is 1. The molecule has 1 aromatic carbocycles. The fraction of sp³-hybridized carbons (Fsp3) is 0.500. The minimum Gasteiger partial charge on any atom is -0.493 e. The van der Waals surface area contributed by atoms with Gasteiger partial charge in [-0.15, -0.1) is 0 Å². The van der Waals surface area contributed by atoms with E-state index in [4.69, 9.17) is 19.1 Å². The van der Waals surface area contributed by atoms with Gasteiger partial charge in [0, 0.05) is 6.54 Å². The molecule has 0 saturated carbocycles. The number of rotatable bonds is 10. The molecular formula is C20H28N2O5. The van der Waals surface area contributed by atoms with E-state index in [1.54, 1.807) is 21.0 Å². The first-order valence-electron chi connectivity index (χ1n) is 8.90. The molecule has 0 aliphatic carbocycles. The summed E-state index contributed by atoms with van der Waals surface area (Å²) in [4.78, 5) is 11.1. The minimum atomic E-state index is -0.786. The van der Waals surface area contributed by atoms with Crippen LogP contribution in [0.4, 0.5) is 0 Å². The summed E-state index contributed by atoms with van der Waals surface area (Å²) in [5.41, 5.74) is 2.05. The first-order chi connectivity index (χ1) is 12.7. The Morgan fingerprint density at radius 3 is 2.63 bits per heavy atom. The van der Waals surface area contributed by atoms with Crippen molar-refractivity contribution in [3.8, 4) is 11.5 Å². The number of carbonyl (C=O) groups is 1. The van der Waals surface area contributed by atoms with E-state index >= 15 is 0 Å². The highest BCUT2D eigenvalue weighted by Gasteiger charge is 2.26. The van der Waals surface area contributed by atoms with E-state index in [1.165, 1.54) is 0 Å². The van der Waals surface area contributed by atoms with Crippen LogP contribution in [0.1, 0.15) is 42.8 Å². The number of benzene rings is 1. The molecule has 0 saturated heterocycles. The van der Waals surface area contributed by atoms with E-state index in [0.29, 0.717) is 37.6 Å². The van der Waals surface area contributed by atoms with Gasteiger partial charge in [0.05, 0.1) is 23.8 Å². The number of nitrogens with zero attached hydrogens (tertiary/aromatic N) is 1. The lowest BCUT2D eigenvalue weighted by Crippen LogP contribution is -2.28. The third-order valence-electron chi connectivity index (χ3n) is 4.62. The molecule has 148 valence electrons. The van der Waals surface area contributed by atoms with Crippen molar-refractivity contribution in [2.45, 2.75) is 47.3 Å². The maximum Gasteiger partial charge on any atom is 0.309 e. The first kappa shape index (κ1) is 20.8. The summed E-state index contributed by atoms with van der Waals surface area (Å²) in [5, 5.41) is 16.3. The van der Waals surface area contributed by atoms with Crippen molar-refractivity contribution in [2.75, 3.05) is 13.7 Å². The second-order valence-corrected chi connectivity index (χ2v) is 7.19. The molecule has 0 amide bonds. The quantitative estimate of drug-likeness (QED) is 0.613. The van der Waals surface area contributed by atoms with Gasteiger partial charge in [-0.25, -0.2) is 0 Å². The monoisotopic (exact) mass is 376 g/mol. The summed E-state index contributed by atoms with van der Waals surface area (Å²) in [6.45, 7) is 8.79. The molecule has 0 fully saturated rings. The van der Waals surface area contributed by atoms with Crippen LogP contribution in [0.3, 0.4) is 0 Å². The van der Waals surface area contributed by atoms with E-state index in [1.807, 2.05) is 32.0 Å². The van der Waals surface area contributed by atoms with Crippen molar-refractivity contribution in [1.82, 2.24) is 10.5 Å². The van der Waals surface area contributed by atoms with Crippen LogP contribution in [-0.2, 0) is 17.9 Å². The van der Waals surface area contributed by atoms with Crippen molar-refractivity contribution in [1.29, 1.82) is 0 Å². The van der Waals surface area contributed by atoms with Gasteiger partial charge in [-0.05, 0) is 58.4 Å². The van der Waals surface area contributed by atoms with Gasteiger partial charge in [-0.2, -0.15) is 0 Å². The molecule has 27 heavy (non-hydrogen) atoms. The average Bonchev–Trinajstić information content (AvgIpc) is 2.95. The molecule has 7 heteroatoms. The Kier molecular flexibility index (Phi) is 6.85. The largest absolute Gasteiger partial charge is 0.493 e. The predicted molar refractivity (Wildman–Crippen MR) is 101 cm³/mol. The third-order valence-corrected chi connectivity index (χ3v) is 4.62. The number of nitrogens with one attached hydrogen (secondary N) is 1. The maximum atomic E-state index is 11.1. The summed E-state index contributed by atoms with van der Waals surface area (Å²) in [7, 11) is 1.60. The summed E-state index contributed by atoms with van der Waals surface area (Å²) < 4.78 is 16.5. The zero-order valence-corrected chi connectivity index (χ0v) is 16.6. The lowest BCUT2D eigenvalue weighted by atomic mass is 9.90. The van der Waals surface area contributed by atoms with E-state index < -0.39 is 11.4 Å². The van der Waals surface area contributed by atoms with E-state index in [2.05, 4.69) is 10.5 Å². The summed E-state index contributed by atoms with van der Waals surface area (Å²) in [6, 6.07) is 5.74. The number of carboxylic acid groups (broad SMARTS) is 1. The van der Waals surface area contributed by atoms with Gasteiger partial charge in [0.25, 0.3) is 0 Å². The van der Waals surface area contributed by atoms with Gasteiger partial charge >= 0.3 is 5.97 Å². The van der Waals surface area contributed by atoms with Gasteiger partial charge in [-0.3, -0.25) is 4.79 Å². The Morgan fingerprint density at radius 1 is 1.30 bits per heavy atom. The fourth-order valence-corrected chi connectivity index (χ4v) is 2.54. The molecule has 0 bridgehead atoms. The highest BCUT2D eigenvalue weighted by atomic mass is 16.5. The lowest BCUT2D eigenvalue weighted by molar-refractivity contribution is -0.147. The van der Waals surface area contributed by atoms with Crippen molar-refractivity contribution in [2.24, 2.45) is 5.41 Å². The molecule has 0 aliphatic rings. The molecule has 2 N–H and O–H groups in total. The molecule has 0 aliphatic heterocycles. The highest BCUT2D eigenvalue weighted by Crippen LogP contribution is 2.29. The second kappa shape index (κ2) is 8.90. The molecule has 0 radical (unpaired) electrons. The van der Waals surface area contributed by atoms with Gasteiger partial charge in [0.15, 0.2) is 11.5 Å². The van der Waals surface area contributed by atoms with Crippen LogP contribution in [0.2, 0.25) is 0 Å². The van der Waals surface area contributed by atoms with Crippen molar-refractivity contribution in [3.63, 3.8) is 0 Å². The minimum absolute atomic E-state index is 0.361. The molecule has 2 rings (SSSR count). The lowest BCUT2D eigenvalue weighted by Gasteiger charge is -2.19. The SMILES string of the molecule is COc1cc(CNCCC(C)(C)C(=O)O)ccc1OCc1c(C)noc1C. The molecule has 1 heterocycles. The molecule has 0 atom stereocenters. The van der Waals surface area contributed by atoms with Crippen molar-refractivity contribution >= 4 is 5.97 Å². The second-order valence-electron chi connectivity index (χ2n) is 7.19. The number of carboxylic acids is 1. The van der Waals surface area contributed by atoms with Crippen molar-refractivity contribution in [3.05, 3.63) is 40.8 Å². The van der Waals surface area contributed by atoms with Crippen LogP contribution in [0, 0.1) is 19.3 Å². The van der Waals surface area contributed by atoms with Crippen LogP contribution >= 0.6 is 0 Å². The molecule has 0 spiro atoms. The third kappa shape index (κ3) is 5.47. The van der Waals surface area contributed by atoms with E-state index in [9.17, 15) is 4.79 Å². The molecule has 7 nitrogen and oxygen atoms in total. The number of hydrogen-bond acceptors (Lipinski definition) is 6. The Labute approximate surface area is 159 Å². The number of ether oxygens (including phenoxy) is 2. The summed E-state index contributed by atoms with van der Waals surface area (Å²) in [6.07, 6.45) is 0.554. The molecular weight excluding hydrogens is 348 g/mol. The van der Waals surface area contributed by atoms with Crippen molar-refractivity contribution < 1.29 is 23.9 Å². The first-order valence-corrected chi connectivity index (χ1v) is 8.90. The normalized spacial score (nSPS) is 11.4. The average molecular weight is 376 g/mol. The van der Waals surface area contributed by atoms with Crippen LogP contribution in [0.15, 0.2) is 22.7 Å².